The fourth-order valence-electron chi connectivity index (χ4n) is 1.99. The van der Waals surface area contributed by atoms with Crippen LogP contribution in [0.4, 0.5) is 0 Å². The minimum Gasteiger partial charge on any atom is -0.374 e. The molecular formula is C13H25IO. The molecule has 1 nitrogen and oxygen atoms in total. The smallest absolute Gasteiger partial charge is 0.0696 e. The van der Waals surface area contributed by atoms with Gasteiger partial charge in [-0.2, -0.15) is 0 Å². The molecular weight excluding hydrogens is 299 g/mol. The summed E-state index contributed by atoms with van der Waals surface area (Å²) >= 11 is 2.59. The average Bonchev–Trinajstić information content (AvgIpc) is 2.17. The second kappa shape index (κ2) is 7.10. The van der Waals surface area contributed by atoms with Crippen LogP contribution in [-0.2, 0) is 4.74 Å². The Labute approximate surface area is 108 Å². The highest BCUT2D eigenvalue weighted by Gasteiger charge is 2.23. The Hall–Kier alpha value is 0.690. The van der Waals surface area contributed by atoms with Crippen molar-refractivity contribution in [2.75, 3.05) is 0 Å². The van der Waals surface area contributed by atoms with Gasteiger partial charge < -0.3 is 4.74 Å². The molecule has 0 aromatic carbocycles. The van der Waals surface area contributed by atoms with E-state index in [0.29, 0.717) is 18.1 Å². The molecule has 0 N–H and O–H groups in total. The maximum Gasteiger partial charge on any atom is 0.0696 e. The second-order valence-electron chi connectivity index (χ2n) is 5.13. The summed E-state index contributed by atoms with van der Waals surface area (Å²) in [6.07, 6.45) is 9.10. The molecule has 3 unspecified atom stereocenters. The Morgan fingerprint density at radius 2 is 1.60 bits per heavy atom. The molecule has 90 valence electrons. The molecule has 0 bridgehead atoms. The quantitative estimate of drug-likeness (QED) is 0.546. The van der Waals surface area contributed by atoms with Gasteiger partial charge in [-0.25, -0.2) is 0 Å². The first kappa shape index (κ1) is 13.8. The first-order valence-corrected chi connectivity index (χ1v) is 7.65. The van der Waals surface area contributed by atoms with Gasteiger partial charge in [0.05, 0.1) is 12.2 Å². The molecule has 1 rings (SSSR count). The van der Waals surface area contributed by atoms with Gasteiger partial charge in [0.15, 0.2) is 0 Å². The number of alkyl halides is 1. The summed E-state index contributed by atoms with van der Waals surface area (Å²) in [4.78, 5) is 0. The van der Waals surface area contributed by atoms with E-state index < -0.39 is 0 Å². The van der Waals surface area contributed by atoms with Crippen LogP contribution in [0.3, 0.4) is 0 Å². The highest BCUT2D eigenvalue weighted by Crippen LogP contribution is 2.27. The van der Waals surface area contributed by atoms with E-state index in [2.05, 4.69) is 43.4 Å². The van der Waals surface area contributed by atoms with Crippen molar-refractivity contribution in [3.05, 3.63) is 0 Å². The zero-order valence-electron chi connectivity index (χ0n) is 10.3. The van der Waals surface area contributed by atoms with Gasteiger partial charge in [0.2, 0.25) is 0 Å². The molecule has 0 aromatic rings. The fourth-order valence-corrected chi connectivity index (χ4v) is 2.96. The second-order valence-corrected chi connectivity index (χ2v) is 6.73. The van der Waals surface area contributed by atoms with Crippen LogP contribution in [0.25, 0.3) is 0 Å². The van der Waals surface area contributed by atoms with Gasteiger partial charge in [0.25, 0.3) is 0 Å². The zero-order valence-corrected chi connectivity index (χ0v) is 12.5. The maximum atomic E-state index is 6.19. The van der Waals surface area contributed by atoms with Gasteiger partial charge in [-0.3, -0.25) is 0 Å². The van der Waals surface area contributed by atoms with E-state index in [1.165, 1.54) is 38.5 Å². The number of hydrogen-bond donors (Lipinski definition) is 0. The van der Waals surface area contributed by atoms with Gasteiger partial charge in [0.1, 0.15) is 0 Å². The topological polar surface area (TPSA) is 9.23 Å². The Morgan fingerprint density at radius 1 is 1.00 bits per heavy atom. The summed E-state index contributed by atoms with van der Waals surface area (Å²) in [6, 6.07) is 0. The van der Waals surface area contributed by atoms with E-state index in [1.54, 1.807) is 0 Å². The fraction of sp³-hybridized carbons (Fsp3) is 1.00. The molecule has 1 aliphatic carbocycles. The number of halogens is 1. The lowest BCUT2D eigenvalue weighted by Crippen LogP contribution is -2.31. The van der Waals surface area contributed by atoms with Crippen LogP contribution in [0, 0.1) is 5.92 Å². The molecule has 0 aromatic heterocycles. The summed E-state index contributed by atoms with van der Waals surface area (Å²) < 4.78 is 6.92. The van der Waals surface area contributed by atoms with Crippen molar-refractivity contribution < 1.29 is 4.74 Å². The van der Waals surface area contributed by atoms with E-state index in [4.69, 9.17) is 4.74 Å². The van der Waals surface area contributed by atoms with Crippen LogP contribution in [-0.4, -0.2) is 16.1 Å². The van der Waals surface area contributed by atoms with Crippen molar-refractivity contribution in [1.82, 2.24) is 0 Å². The van der Waals surface area contributed by atoms with E-state index >= 15 is 0 Å². The predicted molar refractivity (Wildman–Crippen MR) is 74.7 cm³/mol. The van der Waals surface area contributed by atoms with Crippen LogP contribution in [0.2, 0.25) is 0 Å². The van der Waals surface area contributed by atoms with Crippen molar-refractivity contribution >= 4 is 22.6 Å². The summed E-state index contributed by atoms with van der Waals surface area (Å²) in [7, 11) is 0. The van der Waals surface area contributed by atoms with Crippen molar-refractivity contribution in [2.24, 2.45) is 5.92 Å². The highest BCUT2D eigenvalue weighted by atomic mass is 127. The normalized spacial score (nSPS) is 31.0. The SMILES string of the molecule is CC(C)C(C)OC1CCCCCCC1I. The molecule has 0 saturated heterocycles. The number of hydrogen-bond acceptors (Lipinski definition) is 1. The van der Waals surface area contributed by atoms with E-state index in [-0.39, 0.29) is 0 Å². The zero-order chi connectivity index (χ0) is 11.3. The van der Waals surface area contributed by atoms with Crippen LogP contribution >= 0.6 is 22.6 Å². The van der Waals surface area contributed by atoms with Crippen LogP contribution < -0.4 is 0 Å². The highest BCUT2D eigenvalue weighted by molar-refractivity contribution is 14.1. The average molecular weight is 324 g/mol. The third kappa shape index (κ3) is 5.03. The molecule has 0 amide bonds. The molecule has 3 atom stereocenters. The molecule has 2 heteroatoms. The Bertz CT molecular complexity index is 170. The first-order valence-electron chi connectivity index (χ1n) is 6.40. The molecule has 1 aliphatic rings. The first-order chi connectivity index (χ1) is 7.11. The number of ether oxygens (including phenoxy) is 1. The third-order valence-electron chi connectivity index (χ3n) is 3.45. The molecule has 15 heavy (non-hydrogen) atoms. The van der Waals surface area contributed by atoms with Gasteiger partial charge in [0, 0.05) is 3.92 Å². The van der Waals surface area contributed by atoms with Crippen LogP contribution in [0.5, 0.6) is 0 Å². The van der Waals surface area contributed by atoms with Crippen molar-refractivity contribution in [1.29, 1.82) is 0 Å². The summed E-state index contributed by atoms with van der Waals surface area (Å²) in [5, 5.41) is 0. The van der Waals surface area contributed by atoms with Gasteiger partial charge in [-0.05, 0) is 25.7 Å². The Kier molecular flexibility index (Phi) is 6.51. The molecule has 0 spiro atoms. The summed E-state index contributed by atoms with van der Waals surface area (Å²) in [5.41, 5.74) is 0. The lowest BCUT2D eigenvalue weighted by molar-refractivity contribution is -0.0307. The standard InChI is InChI=1S/C13H25IO/c1-10(2)11(3)15-13-9-7-5-4-6-8-12(13)14/h10-13H,4-9H2,1-3H3. The van der Waals surface area contributed by atoms with Gasteiger partial charge in [-0.15, -0.1) is 0 Å². The van der Waals surface area contributed by atoms with Gasteiger partial charge >= 0.3 is 0 Å². The van der Waals surface area contributed by atoms with Crippen molar-refractivity contribution in [3.8, 4) is 0 Å². The third-order valence-corrected chi connectivity index (χ3v) is 4.88. The van der Waals surface area contributed by atoms with Gasteiger partial charge in [-0.1, -0.05) is 62.1 Å². The predicted octanol–water partition coefficient (Wildman–Crippen LogP) is 4.57. The van der Waals surface area contributed by atoms with Crippen LogP contribution in [0.1, 0.15) is 59.3 Å². The lowest BCUT2D eigenvalue weighted by Gasteiger charge is -2.29. The lowest BCUT2D eigenvalue weighted by atomic mass is 9.98. The molecule has 1 saturated carbocycles. The minimum atomic E-state index is 0.409. The molecule has 1 fully saturated rings. The molecule has 0 radical (unpaired) electrons. The van der Waals surface area contributed by atoms with Crippen molar-refractivity contribution in [3.63, 3.8) is 0 Å². The van der Waals surface area contributed by atoms with E-state index in [1.807, 2.05) is 0 Å². The van der Waals surface area contributed by atoms with Crippen molar-refractivity contribution in [2.45, 2.75) is 75.4 Å². The summed E-state index contributed by atoms with van der Waals surface area (Å²) in [5.74, 6) is 0.638. The maximum absolute atomic E-state index is 6.19. The summed E-state index contributed by atoms with van der Waals surface area (Å²) in [6.45, 7) is 6.71. The van der Waals surface area contributed by atoms with E-state index in [9.17, 15) is 0 Å². The van der Waals surface area contributed by atoms with E-state index in [0.717, 1.165) is 3.92 Å². The molecule has 0 aliphatic heterocycles. The monoisotopic (exact) mass is 324 g/mol. The Balaban J connectivity index is 2.41. The van der Waals surface area contributed by atoms with Crippen LogP contribution in [0.15, 0.2) is 0 Å². The largest absolute Gasteiger partial charge is 0.374 e. The number of rotatable bonds is 3. The Morgan fingerprint density at radius 3 is 2.20 bits per heavy atom. The molecule has 0 heterocycles. The minimum absolute atomic E-state index is 0.409.